The molecule has 0 heterocycles. The molecule has 0 fully saturated rings. The second-order valence-electron chi connectivity index (χ2n) is 4.49. The highest BCUT2D eigenvalue weighted by Crippen LogP contribution is 2.18. The van der Waals surface area contributed by atoms with Crippen LogP contribution in [0.3, 0.4) is 0 Å². The van der Waals surface area contributed by atoms with Gasteiger partial charge in [0.05, 0.1) is 0 Å². The Hall–Kier alpha value is -2.77. The Balaban J connectivity index is 2.19. The fourth-order valence-corrected chi connectivity index (χ4v) is 1.92. The van der Waals surface area contributed by atoms with Crippen molar-refractivity contribution in [1.82, 2.24) is 0 Å². The second kappa shape index (κ2) is 6.60. The molecule has 0 saturated carbocycles. The second-order valence-corrected chi connectivity index (χ2v) is 4.49. The van der Waals surface area contributed by atoms with Crippen molar-refractivity contribution in [3.63, 3.8) is 0 Å². The number of hydrogen-bond donors (Lipinski definition) is 3. The number of aliphatic hydroxyl groups excluding tert-OH is 1. The van der Waals surface area contributed by atoms with E-state index in [0.29, 0.717) is 22.4 Å². The zero-order valence-electron chi connectivity index (χ0n) is 11.6. The zero-order valence-corrected chi connectivity index (χ0v) is 11.6. The predicted molar refractivity (Wildman–Crippen MR) is 81.2 cm³/mol. The van der Waals surface area contributed by atoms with Gasteiger partial charge < -0.3 is 15.5 Å². The van der Waals surface area contributed by atoms with E-state index in [1.807, 2.05) is 0 Å². The van der Waals surface area contributed by atoms with Crippen LogP contribution in [-0.4, -0.2) is 22.7 Å². The number of aryl methyl sites for hydroxylation is 1. The Bertz CT molecular complexity index is 726. The van der Waals surface area contributed by atoms with Gasteiger partial charge in [-0.15, -0.1) is 0 Å². The van der Waals surface area contributed by atoms with Gasteiger partial charge in [0, 0.05) is 16.8 Å². The van der Waals surface area contributed by atoms with E-state index in [-0.39, 0.29) is 18.3 Å². The lowest BCUT2D eigenvalue weighted by Crippen LogP contribution is -2.13. The Morgan fingerprint density at radius 1 is 1.24 bits per heavy atom. The molecule has 2 aromatic rings. The summed E-state index contributed by atoms with van der Waals surface area (Å²) in [4.78, 5) is 12.2. The number of hydrogen-bond acceptors (Lipinski definition) is 3. The molecule has 4 nitrogen and oxygen atoms in total. The van der Waals surface area contributed by atoms with Crippen LogP contribution >= 0.6 is 0 Å². The number of aromatic hydroxyl groups is 1. The molecule has 0 spiro atoms. The Kier molecular flexibility index (Phi) is 4.60. The molecule has 0 aliphatic rings. The number of rotatable bonds is 2. The van der Waals surface area contributed by atoms with Crippen LogP contribution < -0.4 is 5.32 Å². The smallest absolute Gasteiger partial charge is 0.255 e. The van der Waals surface area contributed by atoms with Gasteiger partial charge in [0.2, 0.25) is 0 Å². The van der Waals surface area contributed by atoms with E-state index in [0.717, 1.165) is 0 Å². The first-order valence-electron chi connectivity index (χ1n) is 6.41. The fourth-order valence-electron chi connectivity index (χ4n) is 1.92. The summed E-state index contributed by atoms with van der Waals surface area (Å²) >= 11 is 0. The summed E-state index contributed by atoms with van der Waals surface area (Å²) in [5.41, 5.74) is 2.53. The van der Waals surface area contributed by atoms with Crippen molar-refractivity contribution < 1.29 is 15.0 Å². The standard InChI is InChI=1S/C17H15NO3/c1-12-10-15(20)7-8-16(12)17(21)18-14-6-2-4-13(11-14)5-3-9-19/h2,4,6-8,10-11,19-20H,9H2,1H3,(H,18,21). The van der Waals surface area contributed by atoms with Crippen LogP contribution in [-0.2, 0) is 0 Å². The van der Waals surface area contributed by atoms with Crippen LogP contribution in [0.1, 0.15) is 21.5 Å². The molecule has 1 amide bonds. The predicted octanol–water partition coefficient (Wildman–Crippen LogP) is 2.30. The number of anilines is 1. The third kappa shape index (κ3) is 3.85. The molecule has 21 heavy (non-hydrogen) atoms. The minimum atomic E-state index is -0.250. The fraction of sp³-hybridized carbons (Fsp3) is 0.118. The largest absolute Gasteiger partial charge is 0.508 e. The normalized spacial score (nSPS) is 9.62. The average molecular weight is 281 g/mol. The van der Waals surface area contributed by atoms with E-state index in [4.69, 9.17) is 5.11 Å². The van der Waals surface area contributed by atoms with Gasteiger partial charge in [0.25, 0.3) is 5.91 Å². The molecule has 2 aromatic carbocycles. The maximum atomic E-state index is 12.2. The highest BCUT2D eigenvalue weighted by Gasteiger charge is 2.09. The molecule has 0 radical (unpaired) electrons. The molecule has 4 heteroatoms. The number of aliphatic hydroxyl groups is 1. The van der Waals surface area contributed by atoms with Gasteiger partial charge in [-0.3, -0.25) is 4.79 Å². The van der Waals surface area contributed by atoms with E-state index in [2.05, 4.69) is 17.2 Å². The summed E-state index contributed by atoms with van der Waals surface area (Å²) in [5.74, 6) is 5.22. The Morgan fingerprint density at radius 2 is 2.05 bits per heavy atom. The summed E-state index contributed by atoms with van der Waals surface area (Å²) in [5, 5.41) is 20.8. The van der Waals surface area contributed by atoms with Crippen LogP contribution in [0.15, 0.2) is 42.5 Å². The first kappa shape index (κ1) is 14.6. The highest BCUT2D eigenvalue weighted by molar-refractivity contribution is 6.05. The van der Waals surface area contributed by atoms with Crippen molar-refractivity contribution in [2.75, 3.05) is 11.9 Å². The number of phenols is 1. The van der Waals surface area contributed by atoms with Crippen molar-refractivity contribution in [1.29, 1.82) is 0 Å². The topological polar surface area (TPSA) is 69.6 Å². The van der Waals surface area contributed by atoms with Gasteiger partial charge in [-0.2, -0.15) is 0 Å². The van der Waals surface area contributed by atoms with Gasteiger partial charge in [-0.25, -0.2) is 0 Å². The van der Waals surface area contributed by atoms with E-state index in [1.54, 1.807) is 37.3 Å². The maximum absolute atomic E-state index is 12.2. The van der Waals surface area contributed by atoms with Crippen molar-refractivity contribution in [3.8, 4) is 17.6 Å². The summed E-state index contributed by atoms with van der Waals surface area (Å²) < 4.78 is 0. The van der Waals surface area contributed by atoms with Crippen molar-refractivity contribution in [2.24, 2.45) is 0 Å². The lowest BCUT2D eigenvalue weighted by Gasteiger charge is -2.08. The van der Waals surface area contributed by atoms with Crippen LogP contribution in [0.25, 0.3) is 0 Å². The summed E-state index contributed by atoms with van der Waals surface area (Å²) in [6.07, 6.45) is 0. The number of carbonyl (C=O) groups excluding carboxylic acids is 1. The molecule has 0 saturated heterocycles. The number of benzene rings is 2. The summed E-state index contributed by atoms with van der Waals surface area (Å²) in [6.45, 7) is 1.56. The van der Waals surface area contributed by atoms with Crippen LogP contribution in [0.4, 0.5) is 5.69 Å². The lowest BCUT2D eigenvalue weighted by molar-refractivity contribution is 0.102. The third-order valence-electron chi connectivity index (χ3n) is 2.89. The minimum Gasteiger partial charge on any atom is -0.508 e. The van der Waals surface area contributed by atoms with Crippen LogP contribution in [0, 0.1) is 18.8 Å². The maximum Gasteiger partial charge on any atom is 0.255 e. The van der Waals surface area contributed by atoms with E-state index >= 15 is 0 Å². The van der Waals surface area contributed by atoms with E-state index in [9.17, 15) is 9.90 Å². The molecule has 0 aromatic heterocycles. The molecule has 0 unspecified atom stereocenters. The number of carbonyl (C=O) groups is 1. The van der Waals surface area contributed by atoms with Crippen LogP contribution in [0.2, 0.25) is 0 Å². The highest BCUT2D eigenvalue weighted by atomic mass is 16.3. The monoisotopic (exact) mass is 281 g/mol. The van der Waals surface area contributed by atoms with Gasteiger partial charge in [0.15, 0.2) is 0 Å². The van der Waals surface area contributed by atoms with Crippen LogP contribution in [0.5, 0.6) is 5.75 Å². The Labute approximate surface area is 123 Å². The van der Waals surface area contributed by atoms with Crippen molar-refractivity contribution >= 4 is 11.6 Å². The molecule has 0 aliphatic carbocycles. The Morgan fingerprint density at radius 3 is 2.76 bits per heavy atom. The van der Waals surface area contributed by atoms with Crippen molar-refractivity contribution in [2.45, 2.75) is 6.92 Å². The van der Waals surface area contributed by atoms with E-state index in [1.165, 1.54) is 12.1 Å². The number of nitrogens with one attached hydrogen (secondary N) is 1. The molecule has 0 atom stereocenters. The quantitative estimate of drug-likeness (QED) is 0.740. The first-order valence-corrected chi connectivity index (χ1v) is 6.41. The third-order valence-corrected chi connectivity index (χ3v) is 2.89. The zero-order chi connectivity index (χ0) is 15.2. The van der Waals surface area contributed by atoms with Gasteiger partial charge >= 0.3 is 0 Å². The van der Waals surface area contributed by atoms with Gasteiger partial charge in [-0.1, -0.05) is 17.9 Å². The van der Waals surface area contributed by atoms with Crippen molar-refractivity contribution in [3.05, 3.63) is 59.2 Å². The summed E-state index contributed by atoms with van der Waals surface area (Å²) in [7, 11) is 0. The average Bonchev–Trinajstić information content (AvgIpc) is 2.45. The molecule has 106 valence electrons. The first-order chi connectivity index (χ1) is 10.1. The molecule has 0 bridgehead atoms. The van der Waals surface area contributed by atoms with E-state index < -0.39 is 0 Å². The number of amides is 1. The molecule has 3 N–H and O–H groups in total. The molecule has 2 rings (SSSR count). The lowest BCUT2D eigenvalue weighted by atomic mass is 10.1. The van der Waals surface area contributed by atoms with Gasteiger partial charge in [-0.05, 0) is 48.9 Å². The number of phenolic OH excluding ortho intramolecular Hbond substituents is 1. The minimum absolute atomic E-state index is 0.130. The molecule has 0 aliphatic heterocycles. The van der Waals surface area contributed by atoms with Gasteiger partial charge in [0.1, 0.15) is 12.4 Å². The summed E-state index contributed by atoms with van der Waals surface area (Å²) in [6, 6.07) is 11.7. The molecular weight excluding hydrogens is 266 g/mol. The molecular formula is C17H15NO3. The SMILES string of the molecule is Cc1cc(O)ccc1C(=O)Nc1cccc(C#CCO)c1.